The molecule has 0 bridgehead atoms. The molecule has 72 valence electrons. The summed E-state index contributed by atoms with van der Waals surface area (Å²) in [7, 11) is 0. The van der Waals surface area contributed by atoms with Crippen LogP contribution in [0.5, 0.6) is 0 Å². The van der Waals surface area contributed by atoms with Crippen LogP contribution in [0.25, 0.3) is 0 Å². The fraction of sp³-hybridized carbons (Fsp3) is 0.750. The zero-order valence-corrected chi connectivity index (χ0v) is 9.09. The maximum absolute atomic E-state index is 8.71. The lowest BCUT2D eigenvalue weighted by Crippen LogP contribution is -2.23. The van der Waals surface area contributed by atoms with Gasteiger partial charge in [-0.3, -0.25) is 0 Å². The Labute approximate surface area is 81.5 Å². The summed E-state index contributed by atoms with van der Waals surface area (Å²) in [5.41, 5.74) is 3.06. The van der Waals surface area contributed by atoms with Gasteiger partial charge in [-0.25, -0.2) is 0 Å². The van der Waals surface area contributed by atoms with E-state index in [4.69, 9.17) is 5.26 Å². The van der Waals surface area contributed by atoms with Gasteiger partial charge in [0.15, 0.2) is 0 Å². The molecule has 0 aromatic rings. The first-order valence-corrected chi connectivity index (χ1v) is 5.12. The Morgan fingerprint density at radius 2 is 1.92 bits per heavy atom. The first-order chi connectivity index (χ1) is 6.07. The van der Waals surface area contributed by atoms with Crippen LogP contribution >= 0.6 is 0 Å². The van der Waals surface area contributed by atoms with Crippen molar-refractivity contribution in [3.63, 3.8) is 0 Å². The normalized spacial score (nSPS) is 34.5. The van der Waals surface area contributed by atoms with E-state index in [0.29, 0.717) is 17.8 Å². The molecule has 13 heavy (non-hydrogen) atoms. The number of nitriles is 1. The molecule has 0 heterocycles. The molecule has 1 heteroatoms. The van der Waals surface area contributed by atoms with Gasteiger partial charge < -0.3 is 0 Å². The number of hydrogen-bond donors (Lipinski definition) is 0. The second-order valence-electron chi connectivity index (χ2n) is 4.41. The summed E-state index contributed by atoms with van der Waals surface area (Å²) in [6.07, 6.45) is 1.91. The van der Waals surface area contributed by atoms with Gasteiger partial charge in [0.1, 0.15) is 0 Å². The molecular weight excluding hydrogens is 158 g/mol. The van der Waals surface area contributed by atoms with E-state index in [2.05, 4.69) is 33.8 Å². The van der Waals surface area contributed by atoms with E-state index in [1.807, 2.05) is 0 Å². The molecule has 0 aromatic carbocycles. The first kappa shape index (κ1) is 10.3. The quantitative estimate of drug-likeness (QED) is 0.562. The van der Waals surface area contributed by atoms with Crippen molar-refractivity contribution in [1.82, 2.24) is 0 Å². The second kappa shape index (κ2) is 3.96. The summed E-state index contributed by atoms with van der Waals surface area (Å²) in [4.78, 5) is 0. The average molecular weight is 177 g/mol. The summed E-state index contributed by atoms with van der Waals surface area (Å²) in [6, 6.07) is 2.30. The zero-order chi connectivity index (χ0) is 10.0. The highest BCUT2D eigenvalue weighted by atomic mass is 14.3. The van der Waals surface area contributed by atoms with Crippen molar-refractivity contribution in [3.05, 3.63) is 11.1 Å². The van der Waals surface area contributed by atoms with Gasteiger partial charge in [-0.15, -0.1) is 0 Å². The lowest BCUT2D eigenvalue weighted by Gasteiger charge is -2.33. The maximum Gasteiger partial charge on any atom is 0.0624 e. The molecule has 3 atom stereocenters. The van der Waals surface area contributed by atoms with E-state index in [1.54, 1.807) is 5.57 Å². The molecule has 0 N–H and O–H groups in total. The van der Waals surface area contributed by atoms with Gasteiger partial charge in [0.2, 0.25) is 0 Å². The minimum Gasteiger partial charge on any atom is -0.198 e. The van der Waals surface area contributed by atoms with E-state index in [0.717, 1.165) is 6.42 Å². The summed E-state index contributed by atoms with van der Waals surface area (Å²) >= 11 is 0. The van der Waals surface area contributed by atoms with E-state index >= 15 is 0 Å². The molecule has 0 radical (unpaired) electrons. The van der Waals surface area contributed by atoms with Crippen molar-refractivity contribution in [2.24, 2.45) is 17.8 Å². The average Bonchev–Trinajstić information content (AvgIpc) is 2.11. The van der Waals surface area contributed by atoms with Gasteiger partial charge in [0.05, 0.1) is 6.07 Å². The number of rotatable bonds is 1. The molecule has 0 fully saturated rings. The van der Waals surface area contributed by atoms with Crippen LogP contribution in [-0.4, -0.2) is 0 Å². The molecule has 0 spiro atoms. The van der Waals surface area contributed by atoms with Gasteiger partial charge in [0.25, 0.3) is 0 Å². The largest absolute Gasteiger partial charge is 0.198 e. The first-order valence-electron chi connectivity index (χ1n) is 5.12. The van der Waals surface area contributed by atoms with E-state index in [9.17, 15) is 0 Å². The van der Waals surface area contributed by atoms with E-state index in [1.165, 1.54) is 12.0 Å². The Kier molecular flexibility index (Phi) is 3.14. The Balaban J connectivity index is 2.84. The van der Waals surface area contributed by atoms with Gasteiger partial charge in [0, 0.05) is 6.42 Å². The molecule has 0 aliphatic heterocycles. The van der Waals surface area contributed by atoms with E-state index < -0.39 is 0 Å². The van der Waals surface area contributed by atoms with Crippen LogP contribution in [0.15, 0.2) is 11.1 Å². The molecule has 1 rings (SSSR count). The van der Waals surface area contributed by atoms with Crippen LogP contribution in [-0.2, 0) is 0 Å². The molecule has 0 amide bonds. The summed E-state index contributed by atoms with van der Waals surface area (Å²) < 4.78 is 0. The lowest BCUT2D eigenvalue weighted by molar-refractivity contribution is 0.313. The topological polar surface area (TPSA) is 23.8 Å². The third kappa shape index (κ3) is 1.94. The van der Waals surface area contributed by atoms with Gasteiger partial charge in [-0.05, 0) is 38.0 Å². The fourth-order valence-electron chi connectivity index (χ4n) is 2.31. The van der Waals surface area contributed by atoms with Gasteiger partial charge in [-0.1, -0.05) is 25.0 Å². The Hall–Kier alpha value is -0.770. The molecule has 0 saturated carbocycles. The van der Waals surface area contributed by atoms with Crippen LogP contribution in [0.1, 0.15) is 40.5 Å². The second-order valence-corrected chi connectivity index (χ2v) is 4.41. The maximum atomic E-state index is 8.71. The predicted octanol–water partition coefficient (Wildman–Crippen LogP) is 3.53. The van der Waals surface area contributed by atoms with Crippen molar-refractivity contribution in [1.29, 1.82) is 5.26 Å². The van der Waals surface area contributed by atoms with Crippen molar-refractivity contribution >= 4 is 0 Å². The van der Waals surface area contributed by atoms with Crippen LogP contribution in [0, 0.1) is 29.1 Å². The summed E-state index contributed by atoms with van der Waals surface area (Å²) in [6.45, 7) is 8.99. The molecule has 1 aliphatic rings. The van der Waals surface area contributed by atoms with Crippen LogP contribution < -0.4 is 0 Å². The zero-order valence-electron chi connectivity index (χ0n) is 9.09. The van der Waals surface area contributed by atoms with Crippen molar-refractivity contribution in [2.75, 3.05) is 0 Å². The third-order valence-electron chi connectivity index (χ3n) is 3.76. The monoisotopic (exact) mass is 177 g/mol. The molecule has 1 aliphatic carbocycles. The lowest BCUT2D eigenvalue weighted by atomic mass is 9.71. The van der Waals surface area contributed by atoms with E-state index in [-0.39, 0.29) is 0 Å². The molecule has 1 nitrogen and oxygen atoms in total. The van der Waals surface area contributed by atoms with Crippen LogP contribution in [0.4, 0.5) is 0 Å². The molecule has 2 unspecified atom stereocenters. The molecular formula is C12H19N. The number of hydrogen-bond acceptors (Lipinski definition) is 1. The summed E-state index contributed by atoms with van der Waals surface area (Å²) in [5, 5.41) is 8.71. The van der Waals surface area contributed by atoms with Crippen molar-refractivity contribution in [2.45, 2.75) is 40.5 Å². The highest BCUT2D eigenvalue weighted by Gasteiger charge is 2.27. The number of nitrogens with zero attached hydrogens (tertiary/aromatic N) is 1. The Morgan fingerprint density at radius 3 is 2.46 bits per heavy atom. The SMILES string of the molecule is CC1=C(C)[C@H](C)CC(CC#N)C1C. The molecule has 0 aromatic heterocycles. The third-order valence-corrected chi connectivity index (χ3v) is 3.76. The predicted molar refractivity (Wildman–Crippen MR) is 55.0 cm³/mol. The standard InChI is InChI=1S/C12H19N/c1-8-7-12(5-6-13)11(4)10(3)9(8)2/h8,11-12H,5,7H2,1-4H3/t8-,11?,12?/m1/s1. The van der Waals surface area contributed by atoms with Gasteiger partial charge in [-0.2, -0.15) is 5.26 Å². The number of allylic oxidation sites excluding steroid dienone is 2. The Bertz CT molecular complexity index is 257. The highest BCUT2D eigenvalue weighted by molar-refractivity contribution is 5.19. The highest BCUT2D eigenvalue weighted by Crippen LogP contribution is 2.38. The minimum atomic E-state index is 0.587. The van der Waals surface area contributed by atoms with Crippen LogP contribution in [0.2, 0.25) is 0 Å². The van der Waals surface area contributed by atoms with Crippen LogP contribution in [0.3, 0.4) is 0 Å². The smallest absolute Gasteiger partial charge is 0.0624 e. The van der Waals surface area contributed by atoms with Crippen molar-refractivity contribution < 1.29 is 0 Å². The Morgan fingerprint density at radius 1 is 1.31 bits per heavy atom. The fourth-order valence-corrected chi connectivity index (χ4v) is 2.31. The summed E-state index contributed by atoms with van der Waals surface area (Å²) in [5.74, 6) is 1.87. The molecule has 0 saturated heterocycles. The van der Waals surface area contributed by atoms with Gasteiger partial charge >= 0.3 is 0 Å². The van der Waals surface area contributed by atoms with Crippen molar-refractivity contribution in [3.8, 4) is 6.07 Å². The minimum absolute atomic E-state index is 0.587.